The maximum Gasteiger partial charge on any atom is 0.345 e. The number of phenols is 1. The Hall–Kier alpha value is -3.13. The van der Waals surface area contributed by atoms with Gasteiger partial charge in [-0.1, -0.05) is 11.6 Å². The van der Waals surface area contributed by atoms with E-state index >= 15 is 0 Å². The molecule has 0 aromatic heterocycles. The molecule has 0 heterocycles. The van der Waals surface area contributed by atoms with Gasteiger partial charge in [0.1, 0.15) is 22.6 Å². The van der Waals surface area contributed by atoms with Gasteiger partial charge in [0, 0.05) is 6.07 Å². The third-order valence-corrected chi connectivity index (χ3v) is 4.16. The lowest BCUT2D eigenvalue weighted by Gasteiger charge is -2.18. The van der Waals surface area contributed by atoms with Gasteiger partial charge in [0.15, 0.2) is 17.2 Å². The maximum atomic E-state index is 12.1. The Bertz CT molecular complexity index is 907. The number of halogens is 1. The van der Waals surface area contributed by atoms with Crippen molar-refractivity contribution in [1.29, 1.82) is 0 Å². The summed E-state index contributed by atoms with van der Waals surface area (Å²) in [5.74, 6) is -2.89. The highest BCUT2D eigenvalue weighted by molar-refractivity contribution is 6.33. The average molecular weight is 397 g/mol. The normalized spacial score (nSPS) is 10.3. The Morgan fingerprint density at radius 2 is 1.70 bits per heavy atom. The van der Waals surface area contributed by atoms with Gasteiger partial charge in [-0.3, -0.25) is 0 Å². The first-order valence-electron chi connectivity index (χ1n) is 7.52. The van der Waals surface area contributed by atoms with Gasteiger partial charge in [0.2, 0.25) is 0 Å². The molecule has 0 amide bonds. The Balaban J connectivity index is 2.77. The predicted octanol–water partition coefficient (Wildman–Crippen LogP) is 3.65. The lowest BCUT2D eigenvalue weighted by molar-refractivity contribution is 0.0594. The lowest BCUT2D eigenvalue weighted by Crippen LogP contribution is -2.08. The van der Waals surface area contributed by atoms with Gasteiger partial charge in [-0.2, -0.15) is 0 Å². The van der Waals surface area contributed by atoms with E-state index in [1.165, 1.54) is 32.4 Å². The predicted molar refractivity (Wildman–Crippen MR) is 95.8 cm³/mol. The average Bonchev–Trinajstić information content (AvgIpc) is 2.64. The van der Waals surface area contributed by atoms with Gasteiger partial charge < -0.3 is 29.2 Å². The number of esters is 1. The van der Waals surface area contributed by atoms with Crippen LogP contribution in [0.5, 0.6) is 28.7 Å². The van der Waals surface area contributed by atoms with Gasteiger partial charge >= 0.3 is 11.9 Å². The summed E-state index contributed by atoms with van der Waals surface area (Å²) in [4.78, 5) is 23.8. The quantitative estimate of drug-likeness (QED) is 0.711. The molecule has 2 aromatic rings. The zero-order valence-electron chi connectivity index (χ0n) is 15.0. The number of hydrogen-bond acceptors (Lipinski definition) is 7. The molecule has 2 N–H and O–H groups in total. The van der Waals surface area contributed by atoms with Crippen LogP contribution in [-0.4, -0.2) is 43.5 Å². The largest absolute Gasteiger partial charge is 0.507 e. The topological polar surface area (TPSA) is 112 Å². The molecule has 0 saturated carbocycles. The van der Waals surface area contributed by atoms with E-state index in [2.05, 4.69) is 4.74 Å². The van der Waals surface area contributed by atoms with Crippen LogP contribution in [0.15, 0.2) is 18.2 Å². The van der Waals surface area contributed by atoms with Crippen LogP contribution in [0, 0.1) is 6.92 Å². The van der Waals surface area contributed by atoms with Crippen molar-refractivity contribution in [1.82, 2.24) is 0 Å². The molecule has 0 fully saturated rings. The van der Waals surface area contributed by atoms with Gasteiger partial charge in [0.25, 0.3) is 0 Å². The van der Waals surface area contributed by atoms with Crippen molar-refractivity contribution in [2.24, 2.45) is 0 Å². The van der Waals surface area contributed by atoms with Crippen LogP contribution in [-0.2, 0) is 4.74 Å². The molecule has 0 aliphatic carbocycles. The van der Waals surface area contributed by atoms with Gasteiger partial charge in [-0.05, 0) is 24.6 Å². The fourth-order valence-electron chi connectivity index (χ4n) is 2.35. The zero-order chi connectivity index (χ0) is 20.3. The fourth-order valence-corrected chi connectivity index (χ4v) is 2.54. The molecule has 0 bridgehead atoms. The number of carboxylic acids is 1. The number of carbonyl (C=O) groups is 2. The zero-order valence-corrected chi connectivity index (χ0v) is 15.7. The molecule has 2 aromatic carbocycles. The first-order valence-corrected chi connectivity index (χ1v) is 7.90. The summed E-state index contributed by atoms with van der Waals surface area (Å²) >= 11 is 6.25. The van der Waals surface area contributed by atoms with Crippen LogP contribution in [0.3, 0.4) is 0 Å². The third kappa shape index (κ3) is 3.85. The van der Waals surface area contributed by atoms with Gasteiger partial charge in [-0.15, -0.1) is 0 Å². The van der Waals surface area contributed by atoms with Crippen molar-refractivity contribution in [3.8, 4) is 28.7 Å². The molecule has 0 atom stereocenters. The van der Waals surface area contributed by atoms with E-state index in [9.17, 15) is 19.8 Å². The summed E-state index contributed by atoms with van der Waals surface area (Å²) in [5, 5.41) is 19.7. The lowest BCUT2D eigenvalue weighted by atomic mass is 10.1. The second kappa shape index (κ2) is 8.05. The van der Waals surface area contributed by atoms with Gasteiger partial charge in [-0.25, -0.2) is 9.59 Å². The summed E-state index contributed by atoms with van der Waals surface area (Å²) in [6.45, 7) is 1.58. The van der Waals surface area contributed by atoms with Crippen LogP contribution in [0.1, 0.15) is 26.3 Å². The summed E-state index contributed by atoms with van der Waals surface area (Å²) in [5.41, 5.74) is -0.234. The molecular weight excluding hydrogens is 380 g/mol. The van der Waals surface area contributed by atoms with Crippen LogP contribution in [0.25, 0.3) is 0 Å². The highest BCUT2D eigenvalue weighted by atomic mass is 35.5. The molecule has 0 radical (unpaired) electrons. The number of hydrogen-bond donors (Lipinski definition) is 2. The molecular formula is C18H17ClO8. The Labute approximate surface area is 159 Å². The van der Waals surface area contributed by atoms with E-state index < -0.39 is 17.7 Å². The van der Waals surface area contributed by atoms with Crippen molar-refractivity contribution in [3.63, 3.8) is 0 Å². The van der Waals surface area contributed by atoms with E-state index in [-0.39, 0.29) is 39.1 Å². The molecule has 0 aliphatic rings. The number of carboxylic acid groups (broad SMARTS) is 1. The van der Waals surface area contributed by atoms with E-state index in [0.29, 0.717) is 5.56 Å². The van der Waals surface area contributed by atoms with Crippen molar-refractivity contribution >= 4 is 23.5 Å². The van der Waals surface area contributed by atoms with Crippen molar-refractivity contribution < 1.29 is 38.7 Å². The van der Waals surface area contributed by atoms with E-state index in [1.54, 1.807) is 6.92 Å². The number of rotatable bonds is 6. The monoisotopic (exact) mass is 396 g/mol. The number of aromatic hydroxyl groups is 1. The second-order valence-electron chi connectivity index (χ2n) is 5.34. The maximum absolute atomic E-state index is 12.1. The van der Waals surface area contributed by atoms with Crippen molar-refractivity contribution in [2.45, 2.75) is 6.92 Å². The molecule has 0 saturated heterocycles. The molecule has 9 heteroatoms. The highest BCUT2D eigenvalue weighted by Gasteiger charge is 2.27. The summed E-state index contributed by atoms with van der Waals surface area (Å²) in [7, 11) is 3.80. The molecule has 144 valence electrons. The van der Waals surface area contributed by atoms with Crippen LogP contribution in [0.2, 0.25) is 5.02 Å². The van der Waals surface area contributed by atoms with E-state index in [1.807, 2.05) is 0 Å². The Kier molecular flexibility index (Phi) is 6.02. The van der Waals surface area contributed by atoms with E-state index in [4.69, 9.17) is 25.8 Å². The smallest absolute Gasteiger partial charge is 0.345 e. The van der Waals surface area contributed by atoms with Crippen LogP contribution in [0.4, 0.5) is 0 Å². The molecule has 0 unspecified atom stereocenters. The molecule has 8 nitrogen and oxygen atoms in total. The minimum atomic E-state index is -1.32. The SMILES string of the molecule is COC(=O)c1c(O)cc(C)c(Cl)c1Oc1c(OC)cc(OC)cc1C(=O)O. The molecule has 0 aliphatic heterocycles. The molecule has 27 heavy (non-hydrogen) atoms. The van der Waals surface area contributed by atoms with Crippen molar-refractivity contribution in [2.75, 3.05) is 21.3 Å². The number of ether oxygens (including phenoxy) is 4. The van der Waals surface area contributed by atoms with Gasteiger partial charge in [0.05, 0.1) is 26.4 Å². The van der Waals surface area contributed by atoms with E-state index in [0.717, 1.165) is 7.11 Å². The number of phenolic OH excluding ortho intramolecular Hbond substituents is 1. The number of aryl methyl sites for hydroxylation is 1. The summed E-state index contributed by atoms with van der Waals surface area (Å²) < 4.78 is 20.6. The Morgan fingerprint density at radius 1 is 1.04 bits per heavy atom. The van der Waals surface area contributed by atoms with Crippen LogP contribution < -0.4 is 14.2 Å². The first kappa shape index (κ1) is 20.2. The minimum Gasteiger partial charge on any atom is -0.507 e. The third-order valence-electron chi connectivity index (χ3n) is 3.69. The Morgan fingerprint density at radius 3 is 2.22 bits per heavy atom. The molecule has 0 spiro atoms. The number of benzene rings is 2. The van der Waals surface area contributed by atoms with Crippen molar-refractivity contribution in [3.05, 3.63) is 39.9 Å². The number of carbonyl (C=O) groups excluding carboxylic acids is 1. The molecule has 2 rings (SSSR count). The summed E-state index contributed by atoms with van der Waals surface area (Å²) in [6, 6.07) is 3.90. The summed E-state index contributed by atoms with van der Waals surface area (Å²) in [6.07, 6.45) is 0. The fraction of sp³-hybridized carbons (Fsp3) is 0.222. The standard InChI is InChI=1S/C18H17ClO8/c1-8-5-11(20)13(18(23)26-4)16(14(8)19)27-15-10(17(21)22)6-9(24-2)7-12(15)25-3/h5-7,20H,1-4H3,(H,21,22). The first-order chi connectivity index (χ1) is 12.7. The number of methoxy groups -OCH3 is 3. The second-order valence-corrected chi connectivity index (χ2v) is 5.71. The number of aromatic carboxylic acids is 1. The minimum absolute atomic E-state index is 0.00223. The highest BCUT2D eigenvalue weighted by Crippen LogP contribution is 2.45. The van der Waals surface area contributed by atoms with Crippen LogP contribution >= 0.6 is 11.6 Å².